The maximum absolute atomic E-state index is 12.2. The number of rotatable bonds is 9. The second-order valence-electron chi connectivity index (χ2n) is 7.60. The molecule has 0 fully saturated rings. The van der Waals surface area contributed by atoms with E-state index >= 15 is 0 Å². The van der Waals surface area contributed by atoms with E-state index in [0.29, 0.717) is 24.1 Å². The predicted molar refractivity (Wildman–Crippen MR) is 124 cm³/mol. The first-order chi connectivity index (χ1) is 16.1. The fraction of sp³-hybridized carbons (Fsp3) is 0.192. The molecule has 3 aromatic carbocycles. The van der Waals surface area contributed by atoms with Crippen molar-refractivity contribution in [2.75, 3.05) is 13.2 Å². The molecule has 0 aliphatic carbocycles. The highest BCUT2D eigenvalue weighted by atomic mass is 16.5. The lowest BCUT2D eigenvalue weighted by atomic mass is 9.88. The zero-order valence-corrected chi connectivity index (χ0v) is 18.0. The summed E-state index contributed by atoms with van der Waals surface area (Å²) in [6, 6.07) is 27.0. The van der Waals surface area contributed by atoms with Crippen molar-refractivity contribution in [1.82, 2.24) is 9.88 Å². The molecular formula is C26H24N2O5. The van der Waals surface area contributed by atoms with Crippen molar-refractivity contribution < 1.29 is 18.7 Å². The van der Waals surface area contributed by atoms with Crippen LogP contribution in [0.5, 0.6) is 0 Å². The number of carbonyl (C=O) groups excluding carboxylic acids is 2. The highest BCUT2D eigenvalue weighted by Gasteiger charge is 2.16. The van der Waals surface area contributed by atoms with E-state index in [1.165, 1.54) is 15.7 Å². The summed E-state index contributed by atoms with van der Waals surface area (Å²) in [6.07, 6.45) is 0.699. The molecular weight excluding hydrogens is 420 g/mol. The van der Waals surface area contributed by atoms with E-state index < -0.39 is 24.2 Å². The summed E-state index contributed by atoms with van der Waals surface area (Å²) in [7, 11) is 0. The van der Waals surface area contributed by atoms with Gasteiger partial charge in [0, 0.05) is 12.5 Å². The van der Waals surface area contributed by atoms with E-state index in [2.05, 4.69) is 29.6 Å². The van der Waals surface area contributed by atoms with E-state index in [4.69, 9.17) is 9.15 Å². The second kappa shape index (κ2) is 10.5. The third-order valence-electron chi connectivity index (χ3n) is 5.38. The first-order valence-electron chi connectivity index (χ1n) is 10.7. The monoisotopic (exact) mass is 444 g/mol. The van der Waals surface area contributed by atoms with Crippen LogP contribution in [0.2, 0.25) is 0 Å². The Morgan fingerprint density at radius 2 is 1.48 bits per heavy atom. The van der Waals surface area contributed by atoms with Crippen LogP contribution in [0.15, 0.2) is 94.1 Å². The maximum atomic E-state index is 12.2. The second-order valence-corrected chi connectivity index (χ2v) is 7.60. The number of para-hydroxylation sites is 2. The minimum Gasteiger partial charge on any atom is -0.454 e. The Bertz CT molecular complexity index is 1240. The summed E-state index contributed by atoms with van der Waals surface area (Å²) < 4.78 is 11.3. The molecule has 1 aromatic heterocycles. The van der Waals surface area contributed by atoms with Gasteiger partial charge in [0.2, 0.25) is 0 Å². The highest BCUT2D eigenvalue weighted by molar-refractivity contribution is 5.81. The van der Waals surface area contributed by atoms with Crippen molar-refractivity contribution in [3.8, 4) is 0 Å². The number of benzene rings is 3. The molecule has 0 aliphatic heterocycles. The predicted octanol–water partition coefficient (Wildman–Crippen LogP) is 3.48. The molecule has 0 saturated carbocycles. The molecule has 7 heteroatoms. The zero-order chi connectivity index (χ0) is 23.0. The molecule has 1 N–H and O–H groups in total. The molecule has 0 aliphatic rings. The Balaban J connectivity index is 1.28. The van der Waals surface area contributed by atoms with Gasteiger partial charge in [-0.25, -0.2) is 4.79 Å². The van der Waals surface area contributed by atoms with Crippen molar-refractivity contribution in [3.05, 3.63) is 107 Å². The summed E-state index contributed by atoms with van der Waals surface area (Å²) in [4.78, 5) is 36.3. The molecule has 168 valence electrons. The highest BCUT2D eigenvalue weighted by Crippen LogP contribution is 2.27. The van der Waals surface area contributed by atoms with Gasteiger partial charge in [0.25, 0.3) is 5.91 Å². The largest absolute Gasteiger partial charge is 0.454 e. The van der Waals surface area contributed by atoms with Gasteiger partial charge in [0.15, 0.2) is 12.2 Å². The molecule has 0 spiro atoms. The molecule has 0 radical (unpaired) electrons. The minimum absolute atomic E-state index is 0.136. The molecule has 4 rings (SSSR count). The Morgan fingerprint density at radius 3 is 2.15 bits per heavy atom. The molecule has 7 nitrogen and oxygen atoms in total. The molecule has 1 heterocycles. The van der Waals surface area contributed by atoms with Crippen molar-refractivity contribution in [3.63, 3.8) is 0 Å². The van der Waals surface area contributed by atoms with Gasteiger partial charge >= 0.3 is 11.7 Å². The number of hydrogen-bond donors (Lipinski definition) is 1. The van der Waals surface area contributed by atoms with Crippen LogP contribution in [-0.4, -0.2) is 29.6 Å². The standard InChI is InChI=1S/C26H24N2O5/c29-24(18-32-25(30)17-28-22-13-7-8-14-23(22)33-26(28)31)27-16-15-21(19-9-3-1-4-10-19)20-11-5-2-6-12-20/h1-14,21H,15-18H2,(H,27,29). The number of carbonyl (C=O) groups is 2. The molecule has 0 atom stereocenters. The zero-order valence-electron chi connectivity index (χ0n) is 18.0. The van der Waals surface area contributed by atoms with Crippen LogP contribution >= 0.6 is 0 Å². The van der Waals surface area contributed by atoms with Gasteiger partial charge in [-0.1, -0.05) is 72.8 Å². The summed E-state index contributed by atoms with van der Waals surface area (Å²) in [6.45, 7) is -0.311. The van der Waals surface area contributed by atoms with Crippen molar-refractivity contribution >= 4 is 23.0 Å². The Morgan fingerprint density at radius 1 is 0.879 bits per heavy atom. The van der Waals surface area contributed by atoms with Crippen LogP contribution in [0, 0.1) is 0 Å². The molecule has 0 unspecified atom stereocenters. The SMILES string of the molecule is O=C(COC(=O)Cn1c(=O)oc2ccccc21)NCCC(c1ccccc1)c1ccccc1. The Labute approximate surface area is 190 Å². The van der Waals surface area contributed by atoms with Crippen LogP contribution in [0.1, 0.15) is 23.5 Å². The third-order valence-corrected chi connectivity index (χ3v) is 5.38. The third kappa shape index (κ3) is 5.57. The fourth-order valence-corrected chi connectivity index (χ4v) is 3.79. The van der Waals surface area contributed by atoms with Gasteiger partial charge < -0.3 is 14.5 Å². The quantitative estimate of drug-likeness (QED) is 0.399. The van der Waals surface area contributed by atoms with Crippen molar-refractivity contribution in [2.24, 2.45) is 0 Å². The molecule has 33 heavy (non-hydrogen) atoms. The molecule has 0 bridgehead atoms. The van der Waals surface area contributed by atoms with E-state index in [1.807, 2.05) is 36.4 Å². The minimum atomic E-state index is -0.690. The summed E-state index contributed by atoms with van der Waals surface area (Å²) in [5.41, 5.74) is 3.22. The van der Waals surface area contributed by atoms with Crippen LogP contribution in [0.4, 0.5) is 0 Å². The Kier molecular flexibility index (Phi) is 6.99. The maximum Gasteiger partial charge on any atom is 0.420 e. The van der Waals surface area contributed by atoms with Gasteiger partial charge in [0.05, 0.1) is 5.52 Å². The lowest BCUT2D eigenvalue weighted by Gasteiger charge is -2.18. The number of amides is 1. The lowest BCUT2D eigenvalue weighted by Crippen LogP contribution is -2.31. The smallest absolute Gasteiger partial charge is 0.420 e. The van der Waals surface area contributed by atoms with E-state index in [0.717, 1.165) is 0 Å². The molecule has 0 saturated heterocycles. The number of oxazole rings is 1. The normalized spacial score (nSPS) is 10.9. The summed E-state index contributed by atoms with van der Waals surface area (Å²) >= 11 is 0. The van der Waals surface area contributed by atoms with Crippen LogP contribution in [0.3, 0.4) is 0 Å². The topological polar surface area (TPSA) is 90.5 Å². The van der Waals surface area contributed by atoms with Gasteiger partial charge in [-0.2, -0.15) is 0 Å². The molecule has 4 aromatic rings. The van der Waals surface area contributed by atoms with Crippen LogP contribution in [0.25, 0.3) is 11.1 Å². The number of aromatic nitrogens is 1. The number of ether oxygens (including phenoxy) is 1. The summed E-state index contributed by atoms with van der Waals surface area (Å²) in [5, 5.41) is 2.80. The number of nitrogens with zero attached hydrogens (tertiary/aromatic N) is 1. The van der Waals surface area contributed by atoms with Crippen molar-refractivity contribution in [1.29, 1.82) is 0 Å². The van der Waals surface area contributed by atoms with Gasteiger partial charge in [-0.05, 0) is 29.7 Å². The van der Waals surface area contributed by atoms with Crippen LogP contribution in [-0.2, 0) is 20.9 Å². The van der Waals surface area contributed by atoms with E-state index in [9.17, 15) is 14.4 Å². The van der Waals surface area contributed by atoms with Gasteiger partial charge in [-0.15, -0.1) is 0 Å². The van der Waals surface area contributed by atoms with E-state index in [1.54, 1.807) is 24.3 Å². The van der Waals surface area contributed by atoms with Gasteiger partial charge in [0.1, 0.15) is 6.54 Å². The van der Waals surface area contributed by atoms with Crippen molar-refractivity contribution in [2.45, 2.75) is 18.9 Å². The number of fused-ring (bicyclic) bond motifs is 1. The first-order valence-corrected chi connectivity index (χ1v) is 10.7. The number of hydrogen-bond acceptors (Lipinski definition) is 5. The lowest BCUT2D eigenvalue weighted by molar-refractivity contribution is -0.149. The Hall–Kier alpha value is -4.13. The molecule has 1 amide bonds. The average Bonchev–Trinajstić information content (AvgIpc) is 3.16. The number of nitrogens with one attached hydrogen (secondary N) is 1. The van der Waals surface area contributed by atoms with Gasteiger partial charge in [-0.3, -0.25) is 14.2 Å². The van der Waals surface area contributed by atoms with Crippen LogP contribution < -0.4 is 11.1 Å². The van der Waals surface area contributed by atoms with E-state index in [-0.39, 0.29) is 12.5 Å². The summed E-state index contributed by atoms with van der Waals surface area (Å²) in [5.74, 6) is -1.60. The first kappa shape index (κ1) is 22.1. The average molecular weight is 444 g/mol. The fourth-order valence-electron chi connectivity index (χ4n) is 3.79. The number of esters is 1.